The minimum atomic E-state index is -0.176. The van der Waals surface area contributed by atoms with Crippen LogP contribution in [0.2, 0.25) is 0 Å². The summed E-state index contributed by atoms with van der Waals surface area (Å²) in [5.41, 5.74) is 23.8. The van der Waals surface area contributed by atoms with E-state index in [4.69, 9.17) is 0 Å². The Balaban J connectivity index is 1.09. The Bertz CT molecular complexity index is 4790. The van der Waals surface area contributed by atoms with Crippen molar-refractivity contribution < 1.29 is 0 Å². The van der Waals surface area contributed by atoms with Gasteiger partial charge in [0.25, 0.3) is 0 Å². The fourth-order valence-electron chi connectivity index (χ4n) is 14.6. The third-order valence-electron chi connectivity index (χ3n) is 18.4. The SMILES string of the molecule is CC(C)(C)c1cccc(-c2ccccc2)c1N(c1ccccc1)c1ccc2c3cc4c(cc3n3c5c(C(C)(C)C)cccc5c1c23)c1ccc(N(c2ccccc2)c2c(-c3ccccc3)cccc2C(C)(C)C)c2c3cccc(C(C)(C)C)c3n4c12. The van der Waals surface area contributed by atoms with Crippen LogP contribution in [0.4, 0.5) is 34.1 Å². The number of hydrogen-bond acceptors (Lipinski definition) is 2. The molecule has 4 nitrogen and oxygen atoms in total. The maximum atomic E-state index is 2.67. The summed E-state index contributed by atoms with van der Waals surface area (Å²) in [5.74, 6) is 0. The largest absolute Gasteiger partial charge is 0.309 e. The van der Waals surface area contributed by atoms with Gasteiger partial charge in [0.05, 0.1) is 55.8 Å². The minimum absolute atomic E-state index is 0.162. The zero-order valence-corrected chi connectivity index (χ0v) is 51.7. The molecule has 4 heterocycles. The average molecular weight is 1120 g/mol. The first-order chi connectivity index (χ1) is 41.3. The smallest absolute Gasteiger partial charge is 0.0641 e. The maximum absolute atomic E-state index is 2.67. The lowest BCUT2D eigenvalue weighted by molar-refractivity contribution is 0.591. The molecule has 86 heavy (non-hydrogen) atoms. The monoisotopic (exact) mass is 1110 g/mol. The van der Waals surface area contributed by atoms with Gasteiger partial charge in [-0.1, -0.05) is 265 Å². The predicted molar refractivity (Wildman–Crippen MR) is 371 cm³/mol. The summed E-state index contributed by atoms with van der Waals surface area (Å²) in [4.78, 5) is 5.18. The van der Waals surface area contributed by atoms with Crippen molar-refractivity contribution in [1.29, 1.82) is 0 Å². The zero-order valence-electron chi connectivity index (χ0n) is 51.7. The van der Waals surface area contributed by atoms with Crippen LogP contribution in [0.1, 0.15) is 105 Å². The third kappa shape index (κ3) is 8.02. The highest BCUT2D eigenvalue weighted by atomic mass is 15.2. The summed E-state index contributed by atoms with van der Waals surface area (Å²) in [7, 11) is 0. The Hall–Kier alpha value is -9.38. The van der Waals surface area contributed by atoms with Crippen molar-refractivity contribution in [3.63, 3.8) is 0 Å². The van der Waals surface area contributed by atoms with E-state index < -0.39 is 0 Å². The number of nitrogens with zero attached hydrogens (tertiary/aromatic N) is 4. The van der Waals surface area contributed by atoms with E-state index in [1.807, 2.05) is 0 Å². The van der Waals surface area contributed by atoms with Gasteiger partial charge in [-0.25, -0.2) is 0 Å². The Labute approximate surface area is 505 Å². The van der Waals surface area contributed by atoms with E-state index in [9.17, 15) is 0 Å². The summed E-state index contributed by atoms with van der Waals surface area (Å²) in [6.07, 6.45) is 0. The molecular weight excluding hydrogens is 1040 g/mol. The number of fused-ring (bicyclic) bond motifs is 12. The summed E-state index contributed by atoms with van der Waals surface area (Å²) in [6, 6.07) is 86.9. The quantitative estimate of drug-likeness (QED) is 0.151. The van der Waals surface area contributed by atoms with Gasteiger partial charge >= 0.3 is 0 Å². The lowest BCUT2D eigenvalue weighted by Gasteiger charge is -2.34. The molecule has 0 N–H and O–H groups in total. The molecule has 4 aromatic heterocycles. The second-order valence-electron chi connectivity index (χ2n) is 28.1. The van der Waals surface area contributed by atoms with Gasteiger partial charge in [-0.15, -0.1) is 0 Å². The Morgan fingerprint density at radius 2 is 0.593 bits per heavy atom. The summed E-state index contributed by atoms with van der Waals surface area (Å²) in [5, 5.41) is 10.0. The first-order valence-electron chi connectivity index (χ1n) is 30.8. The Morgan fingerprint density at radius 1 is 0.267 bits per heavy atom. The molecule has 0 spiro atoms. The normalized spacial score (nSPS) is 12.9. The lowest BCUT2D eigenvalue weighted by atomic mass is 9.82. The highest BCUT2D eigenvalue weighted by Gasteiger charge is 2.35. The van der Waals surface area contributed by atoms with Gasteiger partial charge < -0.3 is 18.6 Å². The number of aromatic nitrogens is 2. The van der Waals surface area contributed by atoms with Crippen LogP contribution in [0.5, 0.6) is 0 Å². The van der Waals surface area contributed by atoms with Crippen molar-refractivity contribution in [3.8, 4) is 22.3 Å². The molecule has 4 heteroatoms. The van der Waals surface area contributed by atoms with E-state index in [-0.39, 0.29) is 21.7 Å². The second-order valence-corrected chi connectivity index (χ2v) is 28.1. The molecule has 0 amide bonds. The molecule has 0 fully saturated rings. The molecule has 0 aliphatic carbocycles. The van der Waals surface area contributed by atoms with Crippen LogP contribution in [-0.2, 0) is 21.7 Å². The zero-order chi connectivity index (χ0) is 59.3. The molecule has 0 unspecified atom stereocenters. The van der Waals surface area contributed by atoms with Crippen molar-refractivity contribution in [3.05, 3.63) is 253 Å². The molecule has 422 valence electrons. The van der Waals surface area contributed by atoms with Crippen molar-refractivity contribution in [2.45, 2.75) is 105 Å². The lowest BCUT2D eigenvalue weighted by Crippen LogP contribution is -2.20. The average Bonchev–Trinajstić information content (AvgIpc) is 1.51. The van der Waals surface area contributed by atoms with Gasteiger partial charge in [0.2, 0.25) is 0 Å². The second kappa shape index (κ2) is 19.1. The van der Waals surface area contributed by atoms with Crippen LogP contribution in [0, 0.1) is 0 Å². The van der Waals surface area contributed by atoms with E-state index in [2.05, 4.69) is 332 Å². The fraction of sp³-hybridized carbons (Fsp3) is 0.195. The van der Waals surface area contributed by atoms with E-state index in [0.29, 0.717) is 0 Å². The fourth-order valence-corrected chi connectivity index (χ4v) is 14.6. The molecular formula is C82H74N4. The molecule has 0 aliphatic heterocycles. The van der Waals surface area contributed by atoms with Crippen LogP contribution < -0.4 is 9.80 Å². The van der Waals surface area contributed by atoms with Gasteiger partial charge in [-0.3, -0.25) is 0 Å². The van der Waals surface area contributed by atoms with Crippen molar-refractivity contribution in [2.75, 3.05) is 9.80 Å². The topological polar surface area (TPSA) is 15.3 Å². The summed E-state index contributed by atoms with van der Waals surface area (Å²) >= 11 is 0. The van der Waals surface area contributed by atoms with Crippen LogP contribution in [0.15, 0.2) is 231 Å². The highest BCUT2D eigenvalue weighted by Crippen LogP contribution is 2.56. The van der Waals surface area contributed by atoms with Crippen LogP contribution in [0.25, 0.3) is 98.4 Å². The molecule has 0 saturated carbocycles. The van der Waals surface area contributed by atoms with Crippen molar-refractivity contribution in [2.24, 2.45) is 0 Å². The number of rotatable bonds is 8. The molecule has 0 atom stereocenters. The summed E-state index contributed by atoms with van der Waals surface area (Å²) < 4.78 is 5.33. The molecule has 0 bridgehead atoms. The molecule has 11 aromatic carbocycles. The van der Waals surface area contributed by atoms with Crippen molar-refractivity contribution in [1.82, 2.24) is 8.80 Å². The van der Waals surface area contributed by atoms with Crippen LogP contribution in [0.3, 0.4) is 0 Å². The predicted octanol–water partition coefficient (Wildman–Crippen LogP) is 23.5. The third-order valence-corrected chi connectivity index (χ3v) is 18.4. The van der Waals surface area contributed by atoms with Gasteiger partial charge in [-0.05, 0) is 104 Å². The van der Waals surface area contributed by atoms with Crippen LogP contribution in [-0.4, -0.2) is 8.80 Å². The standard InChI is InChI=1S/C82H74N4/c1-79(2,3)63-41-25-37-55(51-29-17-13-18-30-51)73(63)83(53-33-21-15-22-34-53)67-47-45-57-61-49-70-62(50-69(61)85-75-59(71(67)77(57)85)39-27-43-65(75)81(7,8)9)58-46-48-68(72-60-40-28-44-66(82(10,11)12)76(60)86(70)78(58)72)84(54-35-23-16-24-36-54)74-56(52-31-19-14-20-32-52)38-26-42-64(74)80(4,5)6/h13-50H,1-12H3. The van der Waals surface area contributed by atoms with E-state index in [0.717, 1.165) is 22.7 Å². The van der Waals surface area contributed by atoms with E-state index in [1.54, 1.807) is 0 Å². The van der Waals surface area contributed by atoms with E-state index in [1.165, 1.54) is 132 Å². The number of anilines is 6. The summed E-state index contributed by atoms with van der Waals surface area (Å²) in [6.45, 7) is 28.4. The Kier molecular flexibility index (Phi) is 11.8. The first kappa shape index (κ1) is 53.4. The van der Waals surface area contributed by atoms with Gasteiger partial charge in [0.1, 0.15) is 0 Å². The number of hydrogen-bond donors (Lipinski definition) is 0. The molecule has 0 radical (unpaired) electrons. The first-order valence-corrected chi connectivity index (χ1v) is 30.8. The number of benzene rings is 11. The highest BCUT2D eigenvalue weighted by molar-refractivity contribution is 6.33. The Morgan fingerprint density at radius 3 is 0.942 bits per heavy atom. The maximum Gasteiger partial charge on any atom is 0.0641 e. The molecule has 0 aliphatic rings. The van der Waals surface area contributed by atoms with E-state index >= 15 is 0 Å². The molecule has 15 aromatic rings. The molecule has 15 rings (SSSR count). The van der Waals surface area contributed by atoms with Gasteiger partial charge in [-0.2, -0.15) is 0 Å². The number of para-hydroxylation sites is 6. The van der Waals surface area contributed by atoms with Crippen molar-refractivity contribution >= 4 is 110 Å². The van der Waals surface area contributed by atoms with Gasteiger partial charge in [0.15, 0.2) is 0 Å². The minimum Gasteiger partial charge on any atom is -0.309 e. The van der Waals surface area contributed by atoms with Crippen LogP contribution >= 0.6 is 0 Å². The van der Waals surface area contributed by atoms with Gasteiger partial charge in [0, 0.05) is 65.6 Å². The molecule has 0 saturated heterocycles.